The monoisotopic (exact) mass is 333 g/mol. The van der Waals surface area contributed by atoms with E-state index in [9.17, 15) is 13.2 Å². The van der Waals surface area contributed by atoms with E-state index in [0.29, 0.717) is 17.7 Å². The van der Waals surface area contributed by atoms with Crippen molar-refractivity contribution in [3.63, 3.8) is 0 Å². The highest BCUT2D eigenvalue weighted by Crippen LogP contribution is 2.20. The molecule has 0 aliphatic heterocycles. The average Bonchev–Trinajstić information content (AvgIpc) is 2.53. The molecule has 1 atom stereocenters. The lowest BCUT2D eigenvalue weighted by molar-refractivity contribution is 0.248. The van der Waals surface area contributed by atoms with Crippen molar-refractivity contribution in [3.05, 3.63) is 60.2 Å². The maximum Gasteiger partial charge on any atom is 0.319 e. The Kier molecular flexibility index (Phi) is 5.36. The van der Waals surface area contributed by atoms with Gasteiger partial charge < -0.3 is 10.6 Å². The second-order valence-corrected chi connectivity index (χ2v) is 6.60. The molecule has 0 aromatic heterocycles. The first-order chi connectivity index (χ1) is 10.9. The molecule has 122 valence electrons. The molecule has 0 bridgehead atoms. The van der Waals surface area contributed by atoms with Crippen LogP contribution in [0, 0.1) is 0 Å². The third-order valence-electron chi connectivity index (χ3n) is 3.33. The van der Waals surface area contributed by atoms with Crippen molar-refractivity contribution >= 4 is 21.7 Å². The normalized spacial score (nSPS) is 12.4. The summed E-state index contributed by atoms with van der Waals surface area (Å²) in [5.41, 5.74) is 1.36. The van der Waals surface area contributed by atoms with E-state index in [1.807, 2.05) is 25.1 Å². The summed E-state index contributed by atoms with van der Waals surface area (Å²) in [5, 5.41) is 10.7. The zero-order chi connectivity index (χ0) is 16.9. The quantitative estimate of drug-likeness (QED) is 0.784. The number of anilines is 1. The standard InChI is InChI=1S/C16H19N3O3S/c1-2-15(12-7-6-10-14(11-12)23(17,21)22)19-16(20)18-13-8-4-3-5-9-13/h3-11,15H,2H2,1H3,(H2,17,21,22)(H2,18,19,20)/t15-/m0/s1. The molecule has 2 aromatic carbocycles. The van der Waals surface area contributed by atoms with Gasteiger partial charge in [-0.15, -0.1) is 0 Å². The molecule has 0 saturated carbocycles. The first-order valence-corrected chi connectivity index (χ1v) is 8.70. The van der Waals surface area contributed by atoms with Gasteiger partial charge in [-0.1, -0.05) is 37.3 Å². The van der Waals surface area contributed by atoms with Gasteiger partial charge in [0.2, 0.25) is 10.0 Å². The third-order valence-corrected chi connectivity index (χ3v) is 4.25. The zero-order valence-electron chi connectivity index (χ0n) is 12.7. The first-order valence-electron chi connectivity index (χ1n) is 7.15. The van der Waals surface area contributed by atoms with E-state index >= 15 is 0 Å². The molecule has 0 fully saturated rings. The lowest BCUT2D eigenvalue weighted by atomic mass is 10.1. The molecule has 0 radical (unpaired) electrons. The van der Waals surface area contributed by atoms with Gasteiger partial charge in [-0.3, -0.25) is 0 Å². The molecule has 2 amide bonds. The number of amides is 2. The van der Waals surface area contributed by atoms with Gasteiger partial charge in [0.25, 0.3) is 0 Å². The van der Waals surface area contributed by atoms with E-state index in [0.717, 1.165) is 0 Å². The molecule has 7 heteroatoms. The van der Waals surface area contributed by atoms with Crippen LogP contribution in [0.5, 0.6) is 0 Å². The number of nitrogens with one attached hydrogen (secondary N) is 2. The second kappa shape index (κ2) is 7.26. The number of para-hydroxylation sites is 1. The van der Waals surface area contributed by atoms with Gasteiger partial charge in [-0.05, 0) is 36.2 Å². The molecule has 0 heterocycles. The molecule has 0 unspecified atom stereocenters. The predicted molar refractivity (Wildman–Crippen MR) is 89.4 cm³/mol. The molecule has 2 rings (SSSR count). The number of nitrogens with two attached hydrogens (primary N) is 1. The smallest absolute Gasteiger partial charge is 0.319 e. The molecule has 0 saturated heterocycles. The summed E-state index contributed by atoms with van der Waals surface area (Å²) in [7, 11) is -3.77. The van der Waals surface area contributed by atoms with Crippen LogP contribution in [0.2, 0.25) is 0 Å². The SMILES string of the molecule is CC[C@H](NC(=O)Nc1ccccc1)c1cccc(S(N)(=O)=O)c1. The van der Waals surface area contributed by atoms with Crippen molar-refractivity contribution in [3.8, 4) is 0 Å². The Morgan fingerprint density at radius 1 is 1.13 bits per heavy atom. The van der Waals surface area contributed by atoms with Crippen molar-refractivity contribution < 1.29 is 13.2 Å². The number of hydrogen-bond donors (Lipinski definition) is 3. The Balaban J connectivity index is 2.12. The average molecular weight is 333 g/mol. The lowest BCUT2D eigenvalue weighted by Crippen LogP contribution is -2.32. The van der Waals surface area contributed by atoms with Crippen LogP contribution in [0.3, 0.4) is 0 Å². The van der Waals surface area contributed by atoms with Gasteiger partial charge in [0.1, 0.15) is 0 Å². The van der Waals surface area contributed by atoms with Crippen LogP contribution in [-0.2, 0) is 10.0 Å². The molecular weight excluding hydrogens is 314 g/mol. The van der Waals surface area contributed by atoms with Crippen LogP contribution in [0.4, 0.5) is 10.5 Å². The zero-order valence-corrected chi connectivity index (χ0v) is 13.5. The summed E-state index contributed by atoms with van der Waals surface area (Å²) in [4.78, 5) is 12.1. The Labute approximate surface area is 135 Å². The van der Waals surface area contributed by atoms with Crippen LogP contribution in [0.15, 0.2) is 59.5 Å². The van der Waals surface area contributed by atoms with Crippen molar-refractivity contribution in [2.45, 2.75) is 24.3 Å². The van der Waals surface area contributed by atoms with Crippen molar-refractivity contribution in [2.24, 2.45) is 5.14 Å². The van der Waals surface area contributed by atoms with Crippen LogP contribution in [0.25, 0.3) is 0 Å². The molecule has 0 aliphatic rings. The van der Waals surface area contributed by atoms with Crippen molar-refractivity contribution in [2.75, 3.05) is 5.32 Å². The maximum absolute atomic E-state index is 12.1. The highest BCUT2D eigenvalue weighted by Gasteiger charge is 2.15. The van der Waals surface area contributed by atoms with Gasteiger partial charge in [0.15, 0.2) is 0 Å². The summed E-state index contributed by atoms with van der Waals surface area (Å²) in [5.74, 6) is 0. The summed E-state index contributed by atoms with van der Waals surface area (Å²) in [6.45, 7) is 1.90. The third kappa shape index (κ3) is 4.80. The van der Waals surface area contributed by atoms with Crippen LogP contribution >= 0.6 is 0 Å². The topological polar surface area (TPSA) is 101 Å². The highest BCUT2D eigenvalue weighted by atomic mass is 32.2. The maximum atomic E-state index is 12.1. The van der Waals surface area contributed by atoms with Crippen LogP contribution in [0.1, 0.15) is 24.9 Å². The van der Waals surface area contributed by atoms with E-state index < -0.39 is 10.0 Å². The number of hydrogen-bond acceptors (Lipinski definition) is 3. The summed E-state index contributed by atoms with van der Waals surface area (Å²) in [6, 6.07) is 14.7. The minimum absolute atomic E-state index is 0.0266. The van der Waals surface area contributed by atoms with Crippen LogP contribution < -0.4 is 15.8 Å². The summed E-state index contributed by atoms with van der Waals surface area (Å²) in [6.07, 6.45) is 0.607. The molecule has 0 aliphatic carbocycles. The molecular formula is C16H19N3O3S. The predicted octanol–water partition coefficient (Wildman–Crippen LogP) is 2.61. The number of sulfonamides is 1. The summed E-state index contributed by atoms with van der Waals surface area (Å²) >= 11 is 0. The Morgan fingerprint density at radius 2 is 1.83 bits per heavy atom. The van der Waals surface area contributed by atoms with Gasteiger partial charge in [-0.25, -0.2) is 18.4 Å². The molecule has 0 spiro atoms. The van der Waals surface area contributed by atoms with E-state index in [-0.39, 0.29) is 17.0 Å². The highest BCUT2D eigenvalue weighted by molar-refractivity contribution is 7.89. The number of carbonyl (C=O) groups is 1. The number of rotatable bonds is 5. The van der Waals surface area contributed by atoms with E-state index in [2.05, 4.69) is 10.6 Å². The number of primary sulfonamides is 1. The van der Waals surface area contributed by atoms with E-state index in [1.54, 1.807) is 24.3 Å². The minimum Gasteiger partial charge on any atom is -0.331 e. The van der Waals surface area contributed by atoms with E-state index in [1.165, 1.54) is 12.1 Å². The minimum atomic E-state index is -3.77. The van der Waals surface area contributed by atoms with Gasteiger partial charge in [-0.2, -0.15) is 0 Å². The molecule has 6 nitrogen and oxygen atoms in total. The lowest BCUT2D eigenvalue weighted by Gasteiger charge is -2.18. The molecule has 23 heavy (non-hydrogen) atoms. The number of carbonyl (C=O) groups excluding carboxylic acids is 1. The van der Waals surface area contributed by atoms with Gasteiger partial charge in [0, 0.05) is 5.69 Å². The van der Waals surface area contributed by atoms with Crippen molar-refractivity contribution in [1.82, 2.24) is 5.32 Å². The Bertz CT molecular complexity index is 776. The summed E-state index contributed by atoms with van der Waals surface area (Å²) < 4.78 is 22.9. The first kappa shape index (κ1) is 17.0. The number of urea groups is 1. The molecule has 2 aromatic rings. The fraction of sp³-hybridized carbons (Fsp3) is 0.188. The fourth-order valence-electron chi connectivity index (χ4n) is 2.18. The second-order valence-electron chi connectivity index (χ2n) is 5.04. The largest absolute Gasteiger partial charge is 0.331 e. The Morgan fingerprint density at radius 3 is 2.43 bits per heavy atom. The van der Waals surface area contributed by atoms with Crippen molar-refractivity contribution in [1.29, 1.82) is 0 Å². The molecule has 4 N–H and O–H groups in total. The number of benzene rings is 2. The van der Waals surface area contributed by atoms with Crippen LogP contribution in [-0.4, -0.2) is 14.4 Å². The van der Waals surface area contributed by atoms with E-state index in [4.69, 9.17) is 5.14 Å². The fourth-order valence-corrected chi connectivity index (χ4v) is 2.74. The van der Waals surface area contributed by atoms with Gasteiger partial charge >= 0.3 is 6.03 Å². The van der Waals surface area contributed by atoms with Gasteiger partial charge in [0.05, 0.1) is 10.9 Å². The Hall–Kier alpha value is -2.38.